The Morgan fingerprint density at radius 2 is 1.69 bits per heavy atom. The number of hydrogen-bond donors (Lipinski definition) is 0. The Morgan fingerprint density at radius 3 is 2.35 bits per heavy atom. The van der Waals surface area contributed by atoms with Crippen LogP contribution in [-0.4, -0.2) is 44.1 Å². The number of amides is 1. The minimum atomic E-state index is -4.46. The first kappa shape index (κ1) is 18.1. The fraction of sp³-hybridized carbons (Fsp3) is 0.316. The fourth-order valence-electron chi connectivity index (χ4n) is 3.05. The summed E-state index contributed by atoms with van der Waals surface area (Å²) < 4.78 is 43.9. The molecule has 0 saturated carbocycles. The van der Waals surface area contributed by atoms with Crippen LogP contribution in [-0.2, 0) is 6.18 Å². The van der Waals surface area contributed by atoms with E-state index in [2.05, 4.69) is 4.90 Å². The number of nitrogens with zero attached hydrogens (tertiary/aromatic N) is 2. The summed E-state index contributed by atoms with van der Waals surface area (Å²) in [6.45, 7) is 2.05. The number of rotatable bonds is 3. The van der Waals surface area contributed by atoms with E-state index in [1.54, 1.807) is 12.0 Å². The summed E-state index contributed by atoms with van der Waals surface area (Å²) in [5.41, 5.74) is 0.197. The van der Waals surface area contributed by atoms with Crippen LogP contribution >= 0.6 is 0 Å². The molecule has 0 radical (unpaired) electrons. The Hall–Kier alpha value is -2.70. The summed E-state index contributed by atoms with van der Waals surface area (Å²) in [5.74, 6) is 0.376. The molecule has 0 N–H and O–H groups in total. The number of carbonyl (C=O) groups excluding carboxylic acids is 1. The second-order valence-corrected chi connectivity index (χ2v) is 6.03. The smallest absolute Gasteiger partial charge is 0.416 e. The van der Waals surface area contributed by atoms with Crippen molar-refractivity contribution >= 4 is 11.6 Å². The molecule has 2 aromatic carbocycles. The maximum Gasteiger partial charge on any atom is 0.416 e. The summed E-state index contributed by atoms with van der Waals surface area (Å²) in [6.07, 6.45) is -4.46. The monoisotopic (exact) mass is 364 g/mol. The molecule has 138 valence electrons. The number of carbonyl (C=O) groups is 1. The quantitative estimate of drug-likeness (QED) is 0.833. The lowest BCUT2D eigenvalue weighted by Crippen LogP contribution is -2.48. The lowest BCUT2D eigenvalue weighted by Gasteiger charge is -2.36. The van der Waals surface area contributed by atoms with Crippen molar-refractivity contribution in [1.82, 2.24) is 4.90 Å². The molecule has 0 aromatic heterocycles. The van der Waals surface area contributed by atoms with Crippen molar-refractivity contribution in [3.05, 3.63) is 59.7 Å². The molecule has 0 atom stereocenters. The first-order chi connectivity index (χ1) is 12.4. The number of anilines is 1. The Kier molecular flexibility index (Phi) is 5.06. The van der Waals surface area contributed by atoms with Crippen LogP contribution in [0.5, 0.6) is 5.75 Å². The second kappa shape index (κ2) is 7.27. The molecule has 2 aromatic rings. The number of piperazine rings is 1. The average molecular weight is 364 g/mol. The number of para-hydroxylation sites is 2. The first-order valence-corrected chi connectivity index (χ1v) is 8.24. The zero-order valence-electron chi connectivity index (χ0n) is 14.3. The Bertz CT molecular complexity index is 784. The Morgan fingerprint density at radius 1 is 1.00 bits per heavy atom. The lowest BCUT2D eigenvalue weighted by molar-refractivity contribution is -0.137. The number of methoxy groups -OCH3 is 1. The average Bonchev–Trinajstić information content (AvgIpc) is 2.67. The third kappa shape index (κ3) is 3.76. The molecule has 1 aliphatic heterocycles. The van der Waals surface area contributed by atoms with Gasteiger partial charge in [-0.25, -0.2) is 0 Å². The molecule has 26 heavy (non-hydrogen) atoms. The van der Waals surface area contributed by atoms with Crippen molar-refractivity contribution in [2.75, 3.05) is 38.2 Å². The summed E-state index contributed by atoms with van der Waals surface area (Å²) in [4.78, 5) is 16.3. The van der Waals surface area contributed by atoms with Crippen LogP contribution in [0.3, 0.4) is 0 Å². The van der Waals surface area contributed by atoms with Gasteiger partial charge in [-0.15, -0.1) is 0 Å². The van der Waals surface area contributed by atoms with Crippen molar-refractivity contribution < 1.29 is 22.7 Å². The van der Waals surface area contributed by atoms with Gasteiger partial charge < -0.3 is 14.5 Å². The van der Waals surface area contributed by atoms with E-state index < -0.39 is 11.7 Å². The third-order valence-electron chi connectivity index (χ3n) is 4.43. The minimum absolute atomic E-state index is 0.0607. The highest BCUT2D eigenvalue weighted by Crippen LogP contribution is 2.31. The standard InChI is InChI=1S/C19H19F3N2O2/c1-26-17-8-3-2-7-16(17)23-9-11-24(12-10-23)18(25)14-5-4-6-15(13-14)19(20,21)22/h2-8,13H,9-12H2,1H3. The lowest BCUT2D eigenvalue weighted by atomic mass is 10.1. The van der Waals surface area contributed by atoms with Crippen molar-refractivity contribution in [2.24, 2.45) is 0 Å². The Balaban J connectivity index is 1.69. The van der Waals surface area contributed by atoms with E-state index in [0.717, 1.165) is 23.6 Å². The van der Waals surface area contributed by atoms with E-state index in [9.17, 15) is 18.0 Å². The van der Waals surface area contributed by atoms with Crippen molar-refractivity contribution in [3.8, 4) is 5.75 Å². The van der Waals surface area contributed by atoms with Crippen molar-refractivity contribution in [1.29, 1.82) is 0 Å². The van der Waals surface area contributed by atoms with Gasteiger partial charge in [0.25, 0.3) is 5.91 Å². The molecule has 1 amide bonds. The van der Waals surface area contributed by atoms with Gasteiger partial charge in [-0.3, -0.25) is 4.79 Å². The number of benzene rings is 2. The van der Waals surface area contributed by atoms with Crippen molar-refractivity contribution in [2.45, 2.75) is 6.18 Å². The van der Waals surface area contributed by atoms with E-state index in [1.807, 2.05) is 24.3 Å². The molecule has 7 heteroatoms. The summed E-state index contributed by atoms with van der Waals surface area (Å²) in [6, 6.07) is 12.2. The van der Waals surface area contributed by atoms with E-state index in [1.165, 1.54) is 12.1 Å². The zero-order chi connectivity index (χ0) is 18.7. The SMILES string of the molecule is COc1ccccc1N1CCN(C(=O)c2cccc(C(F)(F)F)c2)CC1. The summed E-state index contributed by atoms with van der Waals surface area (Å²) in [5, 5.41) is 0. The molecular formula is C19H19F3N2O2. The van der Waals surface area contributed by atoms with Crippen LogP contribution in [0.25, 0.3) is 0 Å². The van der Waals surface area contributed by atoms with Gasteiger partial charge in [-0.1, -0.05) is 18.2 Å². The molecule has 1 saturated heterocycles. The van der Waals surface area contributed by atoms with E-state index in [-0.39, 0.29) is 11.5 Å². The largest absolute Gasteiger partial charge is 0.495 e. The van der Waals surface area contributed by atoms with Crippen molar-refractivity contribution in [3.63, 3.8) is 0 Å². The molecule has 0 bridgehead atoms. The Labute approximate surface area is 149 Å². The maximum absolute atomic E-state index is 12.8. The number of ether oxygens (including phenoxy) is 1. The highest BCUT2D eigenvalue weighted by atomic mass is 19.4. The van der Waals surface area contributed by atoms with Gasteiger partial charge >= 0.3 is 6.18 Å². The maximum atomic E-state index is 12.8. The highest BCUT2D eigenvalue weighted by molar-refractivity contribution is 5.94. The van der Waals surface area contributed by atoms with E-state index in [4.69, 9.17) is 4.74 Å². The van der Waals surface area contributed by atoms with Gasteiger partial charge in [0.2, 0.25) is 0 Å². The van der Waals surface area contributed by atoms with Gasteiger partial charge in [0.05, 0.1) is 18.4 Å². The van der Waals surface area contributed by atoms with Gasteiger partial charge in [-0.05, 0) is 30.3 Å². The van der Waals surface area contributed by atoms with Crippen LogP contribution in [0.2, 0.25) is 0 Å². The molecule has 0 unspecified atom stereocenters. The summed E-state index contributed by atoms with van der Waals surface area (Å²) >= 11 is 0. The number of hydrogen-bond acceptors (Lipinski definition) is 3. The van der Waals surface area contributed by atoms with Gasteiger partial charge in [0.1, 0.15) is 5.75 Å². The highest BCUT2D eigenvalue weighted by Gasteiger charge is 2.31. The molecule has 3 rings (SSSR count). The van der Waals surface area contributed by atoms with Crippen LogP contribution in [0.1, 0.15) is 15.9 Å². The third-order valence-corrected chi connectivity index (χ3v) is 4.43. The molecule has 0 spiro atoms. The van der Waals surface area contributed by atoms with Crippen LogP contribution in [0.15, 0.2) is 48.5 Å². The topological polar surface area (TPSA) is 32.8 Å². The van der Waals surface area contributed by atoms with Gasteiger partial charge in [-0.2, -0.15) is 13.2 Å². The van der Waals surface area contributed by atoms with Gasteiger partial charge in [0.15, 0.2) is 0 Å². The van der Waals surface area contributed by atoms with Crippen LogP contribution in [0.4, 0.5) is 18.9 Å². The normalized spacial score (nSPS) is 15.1. The molecule has 1 heterocycles. The predicted molar refractivity (Wildman–Crippen MR) is 92.6 cm³/mol. The fourth-order valence-corrected chi connectivity index (χ4v) is 3.05. The molecule has 1 aliphatic rings. The van der Waals surface area contributed by atoms with Gasteiger partial charge in [0, 0.05) is 31.7 Å². The molecular weight excluding hydrogens is 345 g/mol. The zero-order valence-corrected chi connectivity index (χ0v) is 14.3. The minimum Gasteiger partial charge on any atom is -0.495 e. The van der Waals surface area contributed by atoms with Crippen LogP contribution < -0.4 is 9.64 Å². The molecule has 1 fully saturated rings. The first-order valence-electron chi connectivity index (χ1n) is 8.24. The number of halogens is 3. The van der Waals surface area contributed by atoms with Crippen LogP contribution in [0, 0.1) is 0 Å². The molecule has 4 nitrogen and oxygen atoms in total. The second-order valence-electron chi connectivity index (χ2n) is 6.03. The number of alkyl halides is 3. The predicted octanol–water partition coefficient (Wildman–Crippen LogP) is 3.68. The summed E-state index contributed by atoms with van der Waals surface area (Å²) in [7, 11) is 1.60. The molecule has 0 aliphatic carbocycles. The van der Waals surface area contributed by atoms with E-state index in [0.29, 0.717) is 26.2 Å². The van der Waals surface area contributed by atoms with E-state index >= 15 is 0 Å².